The van der Waals surface area contributed by atoms with E-state index in [4.69, 9.17) is 4.74 Å². The molecule has 1 saturated carbocycles. The largest absolute Gasteiger partial charge is 0.463 e. The highest BCUT2D eigenvalue weighted by molar-refractivity contribution is 5.91. The highest BCUT2D eigenvalue weighted by atomic mass is 16.5. The van der Waals surface area contributed by atoms with Crippen molar-refractivity contribution < 1.29 is 19.1 Å². The number of rotatable bonds is 8. The van der Waals surface area contributed by atoms with Gasteiger partial charge in [-0.25, -0.2) is 4.79 Å². The van der Waals surface area contributed by atoms with Crippen LogP contribution in [0.1, 0.15) is 54.9 Å². The predicted octanol–water partition coefficient (Wildman–Crippen LogP) is 2.46. The van der Waals surface area contributed by atoms with Gasteiger partial charge in [0.2, 0.25) is 11.8 Å². The summed E-state index contributed by atoms with van der Waals surface area (Å²) in [6, 6.07) is -1.10. The molecule has 0 bridgehead atoms. The average Bonchev–Trinajstić information content (AvgIpc) is 3.32. The van der Waals surface area contributed by atoms with Gasteiger partial charge in [0, 0.05) is 19.2 Å². The van der Waals surface area contributed by atoms with Crippen molar-refractivity contribution in [2.45, 2.75) is 73.0 Å². The van der Waals surface area contributed by atoms with Crippen molar-refractivity contribution in [1.82, 2.24) is 15.1 Å². The molecule has 7 nitrogen and oxygen atoms in total. The first-order chi connectivity index (χ1) is 14.3. The van der Waals surface area contributed by atoms with Crippen LogP contribution >= 0.6 is 0 Å². The number of likely N-dealkylation sites (tertiary alicyclic amines) is 1. The number of fused-ring (bicyclic) bond motifs is 1. The van der Waals surface area contributed by atoms with E-state index < -0.39 is 11.5 Å². The second-order valence-corrected chi connectivity index (χ2v) is 10.6. The lowest BCUT2D eigenvalue weighted by Crippen LogP contribution is -2.59. The van der Waals surface area contributed by atoms with E-state index in [9.17, 15) is 14.4 Å². The van der Waals surface area contributed by atoms with Crippen LogP contribution in [0.3, 0.4) is 0 Å². The maximum absolute atomic E-state index is 13.6. The standard InChI is InChI=1S/C24H41N3O4/c1-10-31-23(30)15(4)11-18(14(2)3)27(9)22(29)20(24(5,6)7)25-21(28)19-17-12-16(17)13-26(19)8/h11,14,16-20H,10,12-13H2,1-9H3,(H,25,28)/b15-11+/t16-,17-,18+,19-,20?/m0/s1. The molecule has 2 fully saturated rings. The molecule has 1 heterocycles. The molecule has 1 unspecified atom stereocenters. The Hall–Kier alpha value is -1.89. The number of likely N-dealkylation sites (N-methyl/N-ethyl adjacent to an activating group) is 2. The minimum atomic E-state index is -0.659. The number of esters is 1. The molecule has 0 spiro atoms. The van der Waals surface area contributed by atoms with Crippen molar-refractivity contribution in [3.05, 3.63) is 11.6 Å². The molecule has 2 aliphatic rings. The van der Waals surface area contributed by atoms with Gasteiger partial charge in [0.1, 0.15) is 6.04 Å². The minimum absolute atomic E-state index is 0.0616. The topological polar surface area (TPSA) is 79.0 Å². The Morgan fingerprint density at radius 1 is 1.26 bits per heavy atom. The summed E-state index contributed by atoms with van der Waals surface area (Å²) in [7, 11) is 3.72. The van der Waals surface area contributed by atoms with E-state index in [0.29, 0.717) is 24.0 Å². The monoisotopic (exact) mass is 435 g/mol. The zero-order valence-corrected chi connectivity index (χ0v) is 20.7. The average molecular weight is 436 g/mol. The van der Waals surface area contributed by atoms with E-state index >= 15 is 0 Å². The molecule has 176 valence electrons. The molecule has 7 heteroatoms. The quantitative estimate of drug-likeness (QED) is 0.468. The molecule has 1 aliphatic carbocycles. The maximum Gasteiger partial charge on any atom is 0.333 e. The summed E-state index contributed by atoms with van der Waals surface area (Å²) in [5.41, 5.74) is 0.0200. The van der Waals surface area contributed by atoms with Gasteiger partial charge in [0.05, 0.1) is 18.7 Å². The van der Waals surface area contributed by atoms with Gasteiger partial charge in [-0.1, -0.05) is 40.7 Å². The molecule has 0 aromatic heterocycles. The molecule has 1 aliphatic heterocycles. The van der Waals surface area contributed by atoms with Crippen molar-refractivity contribution >= 4 is 17.8 Å². The van der Waals surface area contributed by atoms with E-state index in [2.05, 4.69) is 10.2 Å². The van der Waals surface area contributed by atoms with Gasteiger partial charge in [-0.3, -0.25) is 14.5 Å². The molecule has 0 aromatic rings. The number of carbonyl (C=O) groups excluding carboxylic acids is 3. The van der Waals surface area contributed by atoms with Crippen molar-refractivity contribution in [3.63, 3.8) is 0 Å². The Bertz CT molecular complexity index is 723. The van der Waals surface area contributed by atoms with Gasteiger partial charge in [0.15, 0.2) is 0 Å². The van der Waals surface area contributed by atoms with E-state index in [1.807, 2.05) is 41.7 Å². The summed E-state index contributed by atoms with van der Waals surface area (Å²) in [5.74, 6) is 0.528. The second-order valence-electron chi connectivity index (χ2n) is 10.6. The molecule has 1 N–H and O–H groups in total. The number of hydrogen-bond donors (Lipinski definition) is 1. The van der Waals surface area contributed by atoms with E-state index in [1.54, 1.807) is 31.9 Å². The summed E-state index contributed by atoms with van der Waals surface area (Å²) in [6.07, 6.45) is 2.89. The third kappa shape index (κ3) is 5.88. The molecule has 5 atom stereocenters. The van der Waals surface area contributed by atoms with Crippen LogP contribution in [0.2, 0.25) is 0 Å². The van der Waals surface area contributed by atoms with Gasteiger partial charge >= 0.3 is 5.97 Å². The first-order valence-electron chi connectivity index (χ1n) is 11.4. The molecule has 0 aromatic carbocycles. The molecule has 2 rings (SSSR count). The van der Waals surface area contributed by atoms with Gasteiger partial charge in [-0.05, 0) is 50.5 Å². The number of carbonyl (C=O) groups is 3. The highest BCUT2D eigenvalue weighted by Gasteiger charge is 2.54. The third-order valence-corrected chi connectivity index (χ3v) is 6.54. The van der Waals surface area contributed by atoms with Gasteiger partial charge in [-0.2, -0.15) is 0 Å². The summed E-state index contributed by atoms with van der Waals surface area (Å²) in [4.78, 5) is 42.6. The zero-order valence-electron chi connectivity index (χ0n) is 20.7. The predicted molar refractivity (Wildman–Crippen MR) is 121 cm³/mol. The highest BCUT2D eigenvalue weighted by Crippen LogP contribution is 2.49. The Labute approximate surface area is 187 Å². The fraction of sp³-hybridized carbons (Fsp3) is 0.792. The first-order valence-corrected chi connectivity index (χ1v) is 11.4. The number of nitrogens with one attached hydrogen (secondary N) is 1. The summed E-state index contributed by atoms with van der Waals surface area (Å²) >= 11 is 0. The first kappa shape index (κ1) is 25.4. The van der Waals surface area contributed by atoms with Crippen molar-refractivity contribution in [1.29, 1.82) is 0 Å². The van der Waals surface area contributed by atoms with Crippen LogP contribution in [0.4, 0.5) is 0 Å². The summed E-state index contributed by atoms with van der Waals surface area (Å²) < 4.78 is 5.09. The number of hydrogen-bond acceptors (Lipinski definition) is 5. The van der Waals surface area contributed by atoms with Gasteiger partial charge < -0.3 is 15.0 Å². The van der Waals surface area contributed by atoms with Crippen LogP contribution in [0.15, 0.2) is 11.6 Å². The number of nitrogens with zero attached hydrogens (tertiary/aromatic N) is 2. The lowest BCUT2D eigenvalue weighted by molar-refractivity contribution is -0.141. The van der Waals surface area contributed by atoms with Crippen LogP contribution in [-0.4, -0.2) is 73.0 Å². The molecular formula is C24H41N3O4. The molecule has 1 saturated heterocycles. The van der Waals surface area contributed by atoms with E-state index in [-0.39, 0.29) is 35.8 Å². The lowest BCUT2D eigenvalue weighted by Gasteiger charge is -2.38. The van der Waals surface area contributed by atoms with Gasteiger partial charge in [0.25, 0.3) is 0 Å². The number of amides is 2. The SMILES string of the molecule is CCOC(=O)/C(C)=C/[C@H](C(C)C)N(C)C(=O)C(NC(=O)[C@@H]1[C@H]2C[C@H]2CN1C)C(C)(C)C. The Kier molecular flexibility index (Phi) is 7.95. The molecule has 2 amide bonds. The summed E-state index contributed by atoms with van der Waals surface area (Å²) in [5, 5.41) is 3.07. The maximum atomic E-state index is 13.6. The third-order valence-electron chi connectivity index (χ3n) is 6.54. The van der Waals surface area contributed by atoms with Crippen LogP contribution in [-0.2, 0) is 19.1 Å². The van der Waals surface area contributed by atoms with Crippen LogP contribution in [0.5, 0.6) is 0 Å². The number of piperidine rings is 1. The second kappa shape index (κ2) is 9.72. The fourth-order valence-corrected chi connectivity index (χ4v) is 4.62. The van der Waals surface area contributed by atoms with Crippen LogP contribution in [0, 0.1) is 23.2 Å². The smallest absolute Gasteiger partial charge is 0.333 e. The van der Waals surface area contributed by atoms with Crippen LogP contribution < -0.4 is 5.32 Å². The zero-order chi connectivity index (χ0) is 23.7. The minimum Gasteiger partial charge on any atom is -0.463 e. The van der Waals surface area contributed by atoms with Crippen LogP contribution in [0.25, 0.3) is 0 Å². The Balaban J connectivity index is 2.21. The van der Waals surface area contributed by atoms with Crippen molar-refractivity contribution in [3.8, 4) is 0 Å². The fourth-order valence-electron chi connectivity index (χ4n) is 4.62. The molecular weight excluding hydrogens is 394 g/mol. The van der Waals surface area contributed by atoms with Crippen molar-refractivity contribution in [2.24, 2.45) is 23.2 Å². The summed E-state index contributed by atoms with van der Waals surface area (Å²) in [6.45, 7) is 14.6. The molecule has 0 radical (unpaired) electrons. The normalized spacial score (nSPS) is 25.6. The number of ether oxygens (including phenoxy) is 1. The Morgan fingerprint density at radius 2 is 1.87 bits per heavy atom. The Morgan fingerprint density at radius 3 is 2.32 bits per heavy atom. The van der Waals surface area contributed by atoms with Crippen molar-refractivity contribution in [2.75, 3.05) is 27.2 Å². The van der Waals surface area contributed by atoms with E-state index in [0.717, 1.165) is 13.0 Å². The van der Waals surface area contributed by atoms with E-state index in [1.165, 1.54) is 0 Å². The lowest BCUT2D eigenvalue weighted by atomic mass is 9.84. The van der Waals surface area contributed by atoms with Gasteiger partial charge in [-0.15, -0.1) is 0 Å². The molecule has 31 heavy (non-hydrogen) atoms.